The molecule has 0 saturated carbocycles. The molecule has 2 rings (SSSR count). The van der Waals surface area contributed by atoms with Crippen LogP contribution in [0.4, 0.5) is 11.4 Å². The Balaban J connectivity index is 1.91. The molecule has 0 aliphatic carbocycles. The number of H-pyrrole nitrogens is 1. The number of anilines is 2. The van der Waals surface area contributed by atoms with Crippen LogP contribution in [-0.4, -0.2) is 34.0 Å². The minimum absolute atomic E-state index is 0.168. The molecule has 0 bridgehead atoms. The highest BCUT2D eigenvalue weighted by atomic mass is 32.2. The second kappa shape index (κ2) is 6.10. The van der Waals surface area contributed by atoms with Crippen LogP contribution in [-0.2, 0) is 4.79 Å². The first kappa shape index (κ1) is 13.2. The number of rotatable bonds is 5. The van der Waals surface area contributed by atoms with Gasteiger partial charge in [0.1, 0.15) is 12.1 Å². The number of hydrogen-bond acceptors (Lipinski definition) is 6. The van der Waals surface area contributed by atoms with Gasteiger partial charge in [-0.25, -0.2) is 4.98 Å². The van der Waals surface area contributed by atoms with Gasteiger partial charge in [-0.2, -0.15) is 5.10 Å². The number of nitrogen functional groups attached to an aromatic ring is 1. The molecule has 0 fully saturated rings. The highest BCUT2D eigenvalue weighted by molar-refractivity contribution is 7.99. The molecule has 2 aromatic rings. The van der Waals surface area contributed by atoms with Crippen molar-refractivity contribution in [3.05, 3.63) is 24.5 Å². The molecule has 1 aromatic heterocycles. The standard InChI is InChI=1S/C11H13N5O2S/c1-18-7-2-3-9(8(12)4-7)15-10(17)5-19-11-13-6-14-16-11/h2-4,6H,5,12H2,1H3,(H,15,17)(H,13,14,16). The minimum Gasteiger partial charge on any atom is -0.497 e. The quantitative estimate of drug-likeness (QED) is 0.559. The van der Waals surface area contributed by atoms with Crippen molar-refractivity contribution in [2.24, 2.45) is 0 Å². The number of thioether (sulfide) groups is 1. The highest BCUT2D eigenvalue weighted by Gasteiger charge is 2.08. The molecule has 19 heavy (non-hydrogen) atoms. The van der Waals surface area contributed by atoms with Gasteiger partial charge in [0.25, 0.3) is 0 Å². The number of carbonyl (C=O) groups is 1. The lowest BCUT2D eigenvalue weighted by Gasteiger charge is -2.09. The van der Waals surface area contributed by atoms with Crippen molar-refractivity contribution in [3.8, 4) is 5.75 Å². The van der Waals surface area contributed by atoms with Crippen LogP contribution in [0, 0.1) is 0 Å². The number of nitrogens with two attached hydrogens (primary N) is 1. The van der Waals surface area contributed by atoms with Crippen LogP contribution in [0.3, 0.4) is 0 Å². The van der Waals surface area contributed by atoms with Gasteiger partial charge in [0.2, 0.25) is 5.91 Å². The van der Waals surface area contributed by atoms with Crippen LogP contribution in [0.2, 0.25) is 0 Å². The lowest BCUT2D eigenvalue weighted by atomic mass is 10.2. The van der Waals surface area contributed by atoms with Crippen molar-refractivity contribution in [2.45, 2.75) is 5.16 Å². The van der Waals surface area contributed by atoms with E-state index in [1.807, 2.05) is 0 Å². The Morgan fingerprint density at radius 3 is 3.05 bits per heavy atom. The number of aromatic nitrogens is 3. The molecular weight excluding hydrogens is 266 g/mol. The topological polar surface area (TPSA) is 106 Å². The molecule has 0 atom stereocenters. The average Bonchev–Trinajstić information content (AvgIpc) is 2.92. The number of aromatic amines is 1. The summed E-state index contributed by atoms with van der Waals surface area (Å²) in [5, 5.41) is 9.68. The van der Waals surface area contributed by atoms with E-state index in [1.165, 1.54) is 18.1 Å². The molecule has 1 heterocycles. The molecule has 8 heteroatoms. The summed E-state index contributed by atoms with van der Waals surface area (Å²) in [4.78, 5) is 15.6. The number of carbonyl (C=O) groups excluding carboxylic acids is 1. The van der Waals surface area contributed by atoms with E-state index in [0.29, 0.717) is 22.3 Å². The number of benzene rings is 1. The van der Waals surface area contributed by atoms with Gasteiger partial charge in [0, 0.05) is 6.07 Å². The zero-order valence-corrected chi connectivity index (χ0v) is 11.0. The van der Waals surface area contributed by atoms with E-state index in [1.54, 1.807) is 25.3 Å². The molecule has 1 aromatic carbocycles. The maximum absolute atomic E-state index is 11.7. The second-order valence-corrected chi connectivity index (χ2v) is 4.54. The predicted molar refractivity (Wildman–Crippen MR) is 73.1 cm³/mol. The van der Waals surface area contributed by atoms with Gasteiger partial charge in [0.15, 0.2) is 5.16 Å². The number of nitrogens with one attached hydrogen (secondary N) is 2. The van der Waals surface area contributed by atoms with Gasteiger partial charge in [0.05, 0.1) is 24.2 Å². The number of amides is 1. The van der Waals surface area contributed by atoms with Crippen LogP contribution in [0.5, 0.6) is 5.75 Å². The normalized spacial score (nSPS) is 10.2. The van der Waals surface area contributed by atoms with Gasteiger partial charge in [-0.1, -0.05) is 11.8 Å². The molecule has 4 N–H and O–H groups in total. The molecule has 100 valence electrons. The van der Waals surface area contributed by atoms with E-state index in [4.69, 9.17) is 10.5 Å². The second-order valence-electron chi connectivity index (χ2n) is 3.58. The van der Waals surface area contributed by atoms with Crippen LogP contribution in [0.15, 0.2) is 29.7 Å². The zero-order valence-electron chi connectivity index (χ0n) is 10.2. The largest absolute Gasteiger partial charge is 0.497 e. The summed E-state index contributed by atoms with van der Waals surface area (Å²) in [5.41, 5.74) is 6.82. The lowest BCUT2D eigenvalue weighted by molar-refractivity contribution is -0.113. The SMILES string of the molecule is COc1ccc(NC(=O)CSc2ncn[nH]2)c(N)c1. The Hall–Kier alpha value is -2.22. The summed E-state index contributed by atoms with van der Waals surface area (Å²) in [6.45, 7) is 0. The fourth-order valence-corrected chi connectivity index (χ4v) is 1.94. The first-order valence-electron chi connectivity index (χ1n) is 5.40. The highest BCUT2D eigenvalue weighted by Crippen LogP contribution is 2.24. The van der Waals surface area contributed by atoms with Crippen molar-refractivity contribution in [1.82, 2.24) is 15.2 Å². The third kappa shape index (κ3) is 3.62. The first-order valence-corrected chi connectivity index (χ1v) is 6.39. The number of nitrogens with zero attached hydrogens (tertiary/aromatic N) is 2. The van der Waals surface area contributed by atoms with E-state index in [9.17, 15) is 4.79 Å². The Bertz CT molecular complexity index is 558. The van der Waals surface area contributed by atoms with Crippen LogP contribution >= 0.6 is 11.8 Å². The first-order chi connectivity index (χ1) is 9.19. The molecule has 0 unspecified atom stereocenters. The summed E-state index contributed by atoms with van der Waals surface area (Å²) >= 11 is 1.26. The number of hydrogen-bond donors (Lipinski definition) is 3. The average molecular weight is 279 g/mol. The van der Waals surface area contributed by atoms with Crippen molar-refractivity contribution < 1.29 is 9.53 Å². The zero-order chi connectivity index (χ0) is 13.7. The maximum Gasteiger partial charge on any atom is 0.234 e. The van der Waals surface area contributed by atoms with Crippen molar-refractivity contribution in [1.29, 1.82) is 0 Å². The van der Waals surface area contributed by atoms with Gasteiger partial charge in [-0.3, -0.25) is 9.89 Å². The molecule has 7 nitrogen and oxygen atoms in total. The minimum atomic E-state index is -0.168. The third-order valence-electron chi connectivity index (χ3n) is 2.27. The Labute approximate surface area is 113 Å². The van der Waals surface area contributed by atoms with Gasteiger partial charge >= 0.3 is 0 Å². The fraction of sp³-hybridized carbons (Fsp3) is 0.182. The summed E-state index contributed by atoms with van der Waals surface area (Å²) in [5.74, 6) is 0.700. The molecule has 0 aliphatic rings. The Kier molecular flexibility index (Phi) is 4.24. The van der Waals surface area contributed by atoms with E-state index in [2.05, 4.69) is 20.5 Å². The predicted octanol–water partition coefficient (Wildman–Crippen LogP) is 1.13. The van der Waals surface area contributed by atoms with Gasteiger partial charge in [-0.15, -0.1) is 0 Å². The van der Waals surface area contributed by atoms with E-state index in [-0.39, 0.29) is 11.7 Å². The smallest absolute Gasteiger partial charge is 0.234 e. The maximum atomic E-state index is 11.7. The summed E-state index contributed by atoms with van der Waals surface area (Å²) in [6.07, 6.45) is 1.39. The van der Waals surface area contributed by atoms with Gasteiger partial charge in [-0.05, 0) is 12.1 Å². The summed E-state index contributed by atoms with van der Waals surface area (Å²) in [6, 6.07) is 5.08. The summed E-state index contributed by atoms with van der Waals surface area (Å²) < 4.78 is 5.04. The fourth-order valence-electron chi connectivity index (χ4n) is 1.37. The lowest BCUT2D eigenvalue weighted by Crippen LogP contribution is -2.15. The van der Waals surface area contributed by atoms with Crippen LogP contribution < -0.4 is 15.8 Å². The molecular formula is C11H13N5O2S. The molecule has 0 saturated heterocycles. The van der Waals surface area contributed by atoms with Crippen molar-refractivity contribution in [2.75, 3.05) is 23.9 Å². The number of methoxy groups -OCH3 is 1. The van der Waals surface area contributed by atoms with Crippen molar-refractivity contribution >= 4 is 29.0 Å². The van der Waals surface area contributed by atoms with Crippen LogP contribution in [0.25, 0.3) is 0 Å². The third-order valence-corrected chi connectivity index (χ3v) is 3.14. The monoisotopic (exact) mass is 279 g/mol. The van der Waals surface area contributed by atoms with Gasteiger partial charge < -0.3 is 15.8 Å². The van der Waals surface area contributed by atoms with E-state index < -0.39 is 0 Å². The Morgan fingerprint density at radius 2 is 2.42 bits per heavy atom. The van der Waals surface area contributed by atoms with Crippen LogP contribution in [0.1, 0.15) is 0 Å². The molecule has 0 aliphatic heterocycles. The summed E-state index contributed by atoms with van der Waals surface area (Å²) in [7, 11) is 1.56. The Morgan fingerprint density at radius 1 is 1.58 bits per heavy atom. The molecule has 0 radical (unpaired) electrons. The van der Waals surface area contributed by atoms with E-state index >= 15 is 0 Å². The molecule has 1 amide bonds. The molecule has 0 spiro atoms. The van der Waals surface area contributed by atoms with Crippen molar-refractivity contribution in [3.63, 3.8) is 0 Å². The van der Waals surface area contributed by atoms with E-state index in [0.717, 1.165) is 0 Å². The number of ether oxygens (including phenoxy) is 1.